The summed E-state index contributed by atoms with van der Waals surface area (Å²) in [7, 11) is 0. The van der Waals surface area contributed by atoms with Gasteiger partial charge in [-0.15, -0.1) is 0 Å². The van der Waals surface area contributed by atoms with Gasteiger partial charge < -0.3 is 10.1 Å². The molecule has 4 N–H and O–H groups in total. The van der Waals surface area contributed by atoms with Gasteiger partial charge in [0.05, 0.1) is 12.6 Å². The van der Waals surface area contributed by atoms with Crippen LogP contribution in [0.5, 0.6) is 5.75 Å². The summed E-state index contributed by atoms with van der Waals surface area (Å²) in [5.41, 5.74) is 2.67. The minimum absolute atomic E-state index is 0.218. The van der Waals surface area contributed by atoms with Crippen molar-refractivity contribution in [3.63, 3.8) is 0 Å². The van der Waals surface area contributed by atoms with Gasteiger partial charge in [-0.1, -0.05) is 18.2 Å². The van der Waals surface area contributed by atoms with Crippen LogP contribution in [0, 0.1) is 0 Å². The molecule has 0 aliphatic carbocycles. The molecule has 6 nitrogen and oxygen atoms in total. The molecule has 1 aromatic carbocycles. The van der Waals surface area contributed by atoms with Gasteiger partial charge in [-0.25, -0.2) is 5.84 Å². The fraction of sp³-hybridized carbons (Fsp3) is 0.273. The second-order valence-electron chi connectivity index (χ2n) is 3.67. The molecule has 1 unspecified atom stereocenters. The number of benzene rings is 1. The number of hydrogen-bond donors (Lipinski definition) is 3. The lowest BCUT2D eigenvalue weighted by Crippen LogP contribution is -2.45. The summed E-state index contributed by atoms with van der Waals surface area (Å²) in [5, 5.41) is 2.61. The van der Waals surface area contributed by atoms with Crippen molar-refractivity contribution < 1.29 is 14.3 Å². The standard InChI is InChI=1S/C11H13N3O3/c12-14-11(16)10(15)13-8-5-6-17-9-4-2-1-3-7(8)9/h1-4,8H,5-6,12H2,(H,13,15)(H,14,16). The quantitative estimate of drug-likeness (QED) is 0.267. The summed E-state index contributed by atoms with van der Waals surface area (Å²) < 4.78 is 5.45. The van der Waals surface area contributed by atoms with Crippen LogP contribution in [-0.4, -0.2) is 18.4 Å². The molecule has 0 saturated heterocycles. The molecule has 1 aliphatic rings. The van der Waals surface area contributed by atoms with Gasteiger partial charge in [0.2, 0.25) is 0 Å². The van der Waals surface area contributed by atoms with Crippen molar-refractivity contribution in [2.75, 3.05) is 6.61 Å². The fourth-order valence-corrected chi connectivity index (χ4v) is 1.78. The topological polar surface area (TPSA) is 93.5 Å². The molecule has 1 aliphatic heterocycles. The number of carbonyl (C=O) groups excluding carboxylic acids is 2. The number of para-hydroxylation sites is 1. The monoisotopic (exact) mass is 235 g/mol. The highest BCUT2D eigenvalue weighted by Gasteiger charge is 2.24. The van der Waals surface area contributed by atoms with E-state index in [1.54, 1.807) is 5.43 Å². The third-order valence-electron chi connectivity index (χ3n) is 2.60. The van der Waals surface area contributed by atoms with Crippen molar-refractivity contribution >= 4 is 11.8 Å². The number of nitrogens with two attached hydrogens (primary N) is 1. The largest absolute Gasteiger partial charge is 0.493 e. The maximum absolute atomic E-state index is 11.4. The van der Waals surface area contributed by atoms with Crippen LogP contribution in [0.15, 0.2) is 24.3 Å². The van der Waals surface area contributed by atoms with Crippen molar-refractivity contribution in [1.29, 1.82) is 0 Å². The first-order valence-electron chi connectivity index (χ1n) is 5.25. The van der Waals surface area contributed by atoms with Crippen molar-refractivity contribution in [2.24, 2.45) is 5.84 Å². The van der Waals surface area contributed by atoms with Crippen molar-refractivity contribution in [3.8, 4) is 5.75 Å². The van der Waals surface area contributed by atoms with E-state index in [-0.39, 0.29) is 6.04 Å². The van der Waals surface area contributed by atoms with Crippen LogP contribution >= 0.6 is 0 Å². The molecule has 0 spiro atoms. The molecular formula is C11H13N3O3. The highest BCUT2D eigenvalue weighted by molar-refractivity contribution is 6.34. The molecule has 17 heavy (non-hydrogen) atoms. The number of fused-ring (bicyclic) bond motifs is 1. The number of hydrogen-bond acceptors (Lipinski definition) is 4. The van der Waals surface area contributed by atoms with Crippen LogP contribution in [0.3, 0.4) is 0 Å². The molecule has 0 aromatic heterocycles. The lowest BCUT2D eigenvalue weighted by atomic mass is 10.0. The normalized spacial score (nSPS) is 17.6. The third kappa shape index (κ3) is 2.36. The zero-order chi connectivity index (χ0) is 12.3. The number of hydrazine groups is 1. The molecule has 90 valence electrons. The van der Waals surface area contributed by atoms with Crippen molar-refractivity contribution in [2.45, 2.75) is 12.5 Å². The molecular weight excluding hydrogens is 222 g/mol. The summed E-state index contributed by atoms with van der Waals surface area (Å²) in [6.07, 6.45) is 0.626. The molecule has 1 heterocycles. The Balaban J connectivity index is 2.14. The number of amides is 2. The van der Waals surface area contributed by atoms with E-state index in [9.17, 15) is 9.59 Å². The highest BCUT2D eigenvalue weighted by Crippen LogP contribution is 2.31. The highest BCUT2D eigenvalue weighted by atomic mass is 16.5. The van der Waals surface area contributed by atoms with E-state index in [1.807, 2.05) is 24.3 Å². The smallest absolute Gasteiger partial charge is 0.323 e. The summed E-state index contributed by atoms with van der Waals surface area (Å²) in [5.74, 6) is 4.03. The van der Waals surface area contributed by atoms with Gasteiger partial charge in [0.25, 0.3) is 0 Å². The van der Waals surface area contributed by atoms with E-state index in [4.69, 9.17) is 10.6 Å². The number of rotatable bonds is 1. The summed E-state index contributed by atoms with van der Waals surface area (Å²) in [6.45, 7) is 0.506. The van der Waals surface area contributed by atoms with Crippen LogP contribution in [-0.2, 0) is 9.59 Å². The van der Waals surface area contributed by atoms with Crippen LogP contribution in [0.1, 0.15) is 18.0 Å². The molecule has 1 aromatic rings. The van der Waals surface area contributed by atoms with E-state index in [1.165, 1.54) is 0 Å². The lowest BCUT2D eigenvalue weighted by Gasteiger charge is -2.26. The molecule has 1 atom stereocenters. The van der Waals surface area contributed by atoms with Crippen molar-refractivity contribution in [1.82, 2.24) is 10.7 Å². The maximum Gasteiger partial charge on any atom is 0.323 e. The predicted octanol–water partition coefficient (Wildman–Crippen LogP) is -0.384. The Hall–Kier alpha value is -2.08. The first kappa shape index (κ1) is 11.4. The summed E-state index contributed by atoms with van der Waals surface area (Å²) in [6, 6.07) is 7.19. The lowest BCUT2D eigenvalue weighted by molar-refractivity contribution is -0.139. The molecule has 0 saturated carbocycles. The van der Waals surface area contributed by atoms with E-state index in [0.29, 0.717) is 13.0 Å². The first-order chi connectivity index (χ1) is 8.22. The second kappa shape index (κ2) is 4.84. The van der Waals surface area contributed by atoms with Gasteiger partial charge >= 0.3 is 11.8 Å². The van der Waals surface area contributed by atoms with Crippen LogP contribution in [0.4, 0.5) is 0 Å². The van der Waals surface area contributed by atoms with Gasteiger partial charge in [-0.3, -0.25) is 15.0 Å². The second-order valence-corrected chi connectivity index (χ2v) is 3.67. The van der Waals surface area contributed by atoms with Gasteiger partial charge in [0.1, 0.15) is 5.75 Å². The van der Waals surface area contributed by atoms with E-state index < -0.39 is 11.8 Å². The average molecular weight is 235 g/mol. The summed E-state index contributed by atoms with van der Waals surface area (Å²) >= 11 is 0. The SMILES string of the molecule is NNC(=O)C(=O)NC1CCOc2ccccc21. The minimum Gasteiger partial charge on any atom is -0.493 e. The average Bonchev–Trinajstić information content (AvgIpc) is 2.38. The van der Waals surface area contributed by atoms with E-state index in [2.05, 4.69) is 5.32 Å². The molecule has 2 amide bonds. The third-order valence-corrected chi connectivity index (χ3v) is 2.60. The molecule has 2 rings (SSSR count). The number of carbonyl (C=O) groups is 2. The zero-order valence-corrected chi connectivity index (χ0v) is 9.10. The Morgan fingerprint density at radius 3 is 2.82 bits per heavy atom. The summed E-state index contributed by atoms with van der Waals surface area (Å²) in [4.78, 5) is 22.4. The Morgan fingerprint density at radius 1 is 1.29 bits per heavy atom. The Bertz CT molecular complexity index is 447. The Morgan fingerprint density at radius 2 is 2.06 bits per heavy atom. The molecule has 0 bridgehead atoms. The minimum atomic E-state index is -0.853. The van der Waals surface area contributed by atoms with Crippen LogP contribution in [0.2, 0.25) is 0 Å². The molecule has 0 radical (unpaired) electrons. The van der Waals surface area contributed by atoms with E-state index in [0.717, 1.165) is 11.3 Å². The van der Waals surface area contributed by atoms with Gasteiger partial charge in [-0.05, 0) is 6.07 Å². The van der Waals surface area contributed by atoms with Crippen LogP contribution < -0.4 is 21.3 Å². The Kier molecular flexibility index (Phi) is 3.24. The maximum atomic E-state index is 11.4. The molecule has 0 fully saturated rings. The fourth-order valence-electron chi connectivity index (χ4n) is 1.78. The van der Waals surface area contributed by atoms with Gasteiger partial charge in [-0.2, -0.15) is 0 Å². The Labute approximate surface area is 98.1 Å². The van der Waals surface area contributed by atoms with Gasteiger partial charge in [0.15, 0.2) is 0 Å². The number of ether oxygens (including phenoxy) is 1. The predicted molar refractivity (Wildman–Crippen MR) is 59.8 cm³/mol. The van der Waals surface area contributed by atoms with Gasteiger partial charge in [0, 0.05) is 12.0 Å². The number of nitrogens with one attached hydrogen (secondary N) is 2. The van der Waals surface area contributed by atoms with Crippen LogP contribution in [0.25, 0.3) is 0 Å². The zero-order valence-electron chi connectivity index (χ0n) is 9.10. The first-order valence-corrected chi connectivity index (χ1v) is 5.25. The molecule has 6 heteroatoms. The van der Waals surface area contributed by atoms with E-state index >= 15 is 0 Å². The van der Waals surface area contributed by atoms with Crippen molar-refractivity contribution in [3.05, 3.63) is 29.8 Å².